The first-order valence-electron chi connectivity index (χ1n) is 8.33. The Morgan fingerprint density at radius 2 is 1.70 bits per heavy atom. The van der Waals surface area contributed by atoms with Gasteiger partial charge >= 0.3 is 0 Å². The van der Waals surface area contributed by atoms with Crippen LogP contribution in [0.5, 0.6) is 0 Å². The minimum Gasteiger partial charge on any atom is -0.273 e. The molecule has 0 atom stereocenters. The summed E-state index contributed by atoms with van der Waals surface area (Å²) in [5.41, 5.74) is 5.13. The first-order valence-corrected chi connectivity index (χ1v) is 8.71. The van der Waals surface area contributed by atoms with Crippen molar-refractivity contribution >= 4 is 34.2 Å². The molecule has 1 heterocycles. The third-order valence-electron chi connectivity index (χ3n) is 4.01. The summed E-state index contributed by atoms with van der Waals surface area (Å²) in [7, 11) is 0. The van der Waals surface area contributed by atoms with Crippen LogP contribution in [-0.2, 0) is 17.8 Å². The quantitative estimate of drug-likeness (QED) is 0.673. The van der Waals surface area contributed by atoms with Gasteiger partial charge in [-0.1, -0.05) is 48.0 Å². The molecule has 0 aliphatic heterocycles. The molecular weight excluding hydrogens is 368 g/mol. The zero-order chi connectivity index (χ0) is 19.4. The summed E-state index contributed by atoms with van der Waals surface area (Å²) in [6.45, 7) is 2.08. The zero-order valence-corrected chi connectivity index (χ0v) is 15.3. The van der Waals surface area contributed by atoms with E-state index in [0.29, 0.717) is 27.9 Å². The van der Waals surface area contributed by atoms with E-state index in [0.717, 1.165) is 0 Å². The summed E-state index contributed by atoms with van der Waals surface area (Å²) in [5.74, 6) is -1.04. The van der Waals surface area contributed by atoms with E-state index in [4.69, 9.17) is 11.6 Å². The van der Waals surface area contributed by atoms with Crippen LogP contribution in [0, 0.1) is 0 Å². The van der Waals surface area contributed by atoms with Crippen LogP contribution in [0.2, 0.25) is 5.02 Å². The van der Waals surface area contributed by atoms with Crippen LogP contribution in [0.4, 0.5) is 0 Å². The van der Waals surface area contributed by atoms with E-state index in [1.54, 1.807) is 55.5 Å². The third-order valence-corrected chi connectivity index (χ3v) is 4.38. The molecule has 138 valence electrons. The molecule has 27 heavy (non-hydrogen) atoms. The third kappa shape index (κ3) is 3.98. The number of halogens is 1. The van der Waals surface area contributed by atoms with Gasteiger partial charge in [-0.3, -0.25) is 25.2 Å². The standard InChI is InChI=1S/C19H17ClN4O3/c1-2-24-19(27)14-9-5-4-8-13(14)17(23-24)18(26)22-21-16(25)11-12-7-3-6-10-15(12)20/h3-10H,2,11H2,1H3,(H,21,25)(H,22,26). The van der Waals surface area contributed by atoms with Crippen LogP contribution in [-0.4, -0.2) is 21.6 Å². The second kappa shape index (κ2) is 8.01. The molecule has 2 aromatic carbocycles. The summed E-state index contributed by atoms with van der Waals surface area (Å²) < 4.78 is 1.21. The molecule has 7 nitrogen and oxygen atoms in total. The lowest BCUT2D eigenvalue weighted by Gasteiger charge is -2.11. The predicted octanol–water partition coefficient (Wildman–Crippen LogP) is 2.07. The number of benzene rings is 2. The van der Waals surface area contributed by atoms with Gasteiger partial charge in [0.1, 0.15) is 0 Å². The Morgan fingerprint density at radius 3 is 2.41 bits per heavy atom. The highest BCUT2D eigenvalue weighted by atomic mass is 35.5. The first-order chi connectivity index (χ1) is 13.0. The van der Waals surface area contributed by atoms with E-state index in [1.165, 1.54) is 4.68 Å². The van der Waals surface area contributed by atoms with Crippen molar-refractivity contribution in [1.29, 1.82) is 0 Å². The Bertz CT molecular complexity index is 1080. The van der Waals surface area contributed by atoms with E-state index >= 15 is 0 Å². The van der Waals surface area contributed by atoms with Gasteiger partial charge in [-0.05, 0) is 24.6 Å². The number of hydrogen-bond donors (Lipinski definition) is 2. The van der Waals surface area contributed by atoms with E-state index in [-0.39, 0.29) is 17.7 Å². The average Bonchev–Trinajstić information content (AvgIpc) is 2.68. The van der Waals surface area contributed by atoms with E-state index in [9.17, 15) is 14.4 Å². The van der Waals surface area contributed by atoms with Crippen LogP contribution in [0.1, 0.15) is 23.0 Å². The molecule has 0 saturated carbocycles. The van der Waals surface area contributed by atoms with Crippen molar-refractivity contribution in [1.82, 2.24) is 20.6 Å². The van der Waals surface area contributed by atoms with Crippen molar-refractivity contribution in [3.63, 3.8) is 0 Å². The number of nitrogens with one attached hydrogen (secondary N) is 2. The molecule has 0 bridgehead atoms. The van der Waals surface area contributed by atoms with E-state index in [1.807, 2.05) is 0 Å². The molecule has 0 fully saturated rings. The molecule has 0 aliphatic rings. The molecule has 3 aromatic rings. The molecule has 0 unspecified atom stereocenters. The van der Waals surface area contributed by atoms with Crippen molar-refractivity contribution in [3.8, 4) is 0 Å². The van der Waals surface area contributed by atoms with Crippen LogP contribution in [0.25, 0.3) is 10.8 Å². The summed E-state index contributed by atoms with van der Waals surface area (Å²) in [4.78, 5) is 36.9. The molecular formula is C19H17ClN4O3. The van der Waals surface area contributed by atoms with Gasteiger partial charge in [0.2, 0.25) is 5.91 Å². The van der Waals surface area contributed by atoms with Gasteiger partial charge in [0, 0.05) is 17.0 Å². The van der Waals surface area contributed by atoms with Crippen LogP contribution in [0.15, 0.2) is 53.3 Å². The van der Waals surface area contributed by atoms with Crippen LogP contribution >= 0.6 is 11.6 Å². The second-order valence-electron chi connectivity index (χ2n) is 5.79. The van der Waals surface area contributed by atoms with Crippen molar-refractivity contribution < 1.29 is 9.59 Å². The minimum atomic E-state index is -0.610. The molecule has 0 saturated heterocycles. The first kappa shape index (κ1) is 18.6. The molecule has 8 heteroatoms. The van der Waals surface area contributed by atoms with Gasteiger partial charge in [-0.25, -0.2) is 4.68 Å². The largest absolute Gasteiger partial charge is 0.290 e. The molecule has 0 aliphatic carbocycles. The molecule has 0 spiro atoms. The maximum absolute atomic E-state index is 12.5. The highest BCUT2D eigenvalue weighted by molar-refractivity contribution is 6.31. The smallest absolute Gasteiger partial charge is 0.273 e. The van der Waals surface area contributed by atoms with Gasteiger partial charge in [-0.15, -0.1) is 0 Å². The molecule has 0 radical (unpaired) electrons. The van der Waals surface area contributed by atoms with Crippen molar-refractivity contribution in [2.75, 3.05) is 0 Å². The lowest BCUT2D eigenvalue weighted by Crippen LogP contribution is -2.43. The molecule has 2 amide bonds. The number of amides is 2. The Labute approximate surface area is 159 Å². The zero-order valence-electron chi connectivity index (χ0n) is 14.5. The highest BCUT2D eigenvalue weighted by Gasteiger charge is 2.17. The number of aryl methyl sites for hydroxylation is 1. The van der Waals surface area contributed by atoms with Gasteiger partial charge in [-0.2, -0.15) is 5.10 Å². The van der Waals surface area contributed by atoms with Crippen molar-refractivity contribution in [3.05, 3.63) is 75.2 Å². The van der Waals surface area contributed by atoms with Gasteiger partial charge in [0.25, 0.3) is 11.5 Å². The number of rotatable bonds is 4. The number of fused-ring (bicyclic) bond motifs is 1. The number of nitrogens with zero attached hydrogens (tertiary/aromatic N) is 2. The topological polar surface area (TPSA) is 93.1 Å². The van der Waals surface area contributed by atoms with Crippen LogP contribution in [0.3, 0.4) is 0 Å². The maximum atomic E-state index is 12.5. The Kier molecular flexibility index (Phi) is 5.52. The fraction of sp³-hybridized carbons (Fsp3) is 0.158. The molecule has 2 N–H and O–H groups in total. The summed E-state index contributed by atoms with van der Waals surface area (Å²) in [6, 6.07) is 13.7. The number of aromatic nitrogens is 2. The normalized spacial score (nSPS) is 10.6. The lowest BCUT2D eigenvalue weighted by atomic mass is 10.1. The minimum absolute atomic E-state index is 0.0165. The summed E-state index contributed by atoms with van der Waals surface area (Å²) in [5, 5.41) is 5.40. The van der Waals surface area contributed by atoms with Crippen LogP contribution < -0.4 is 16.4 Å². The average molecular weight is 385 g/mol. The number of hydrazine groups is 1. The molecule has 1 aromatic heterocycles. The van der Waals surface area contributed by atoms with Crippen molar-refractivity contribution in [2.45, 2.75) is 19.9 Å². The Hall–Kier alpha value is -3.19. The summed E-state index contributed by atoms with van der Waals surface area (Å²) in [6.07, 6.45) is 0.0165. The molecule has 3 rings (SSSR count). The highest BCUT2D eigenvalue weighted by Crippen LogP contribution is 2.15. The monoisotopic (exact) mass is 384 g/mol. The number of carbonyl (C=O) groups is 2. The van der Waals surface area contributed by atoms with E-state index in [2.05, 4.69) is 16.0 Å². The Balaban J connectivity index is 1.79. The Morgan fingerprint density at radius 1 is 1.04 bits per heavy atom. The summed E-state index contributed by atoms with van der Waals surface area (Å²) >= 11 is 6.03. The second-order valence-corrected chi connectivity index (χ2v) is 6.19. The van der Waals surface area contributed by atoms with Gasteiger partial charge in [0.05, 0.1) is 11.8 Å². The maximum Gasteiger partial charge on any atom is 0.290 e. The lowest BCUT2D eigenvalue weighted by molar-refractivity contribution is -0.121. The van der Waals surface area contributed by atoms with Gasteiger partial charge in [0.15, 0.2) is 5.69 Å². The number of hydrogen-bond acceptors (Lipinski definition) is 4. The fourth-order valence-corrected chi connectivity index (χ4v) is 2.86. The predicted molar refractivity (Wildman–Crippen MR) is 102 cm³/mol. The number of carbonyl (C=O) groups excluding carboxylic acids is 2. The fourth-order valence-electron chi connectivity index (χ4n) is 2.66. The SMILES string of the molecule is CCn1nc(C(=O)NNC(=O)Cc2ccccc2Cl)c2ccccc2c1=O. The van der Waals surface area contributed by atoms with E-state index < -0.39 is 11.8 Å². The van der Waals surface area contributed by atoms with Crippen molar-refractivity contribution in [2.24, 2.45) is 0 Å². The van der Waals surface area contributed by atoms with Gasteiger partial charge < -0.3 is 0 Å².